The molecular formula is C13H20N2O2S. The topological polar surface area (TPSA) is 58.2 Å². The average Bonchev–Trinajstić information content (AvgIpc) is 2.49. The van der Waals surface area contributed by atoms with Gasteiger partial charge in [-0.2, -0.15) is 0 Å². The molecule has 2 fully saturated rings. The largest absolute Gasteiger partial charge is 0.302 e. The maximum absolute atomic E-state index is 12.4. The summed E-state index contributed by atoms with van der Waals surface area (Å²) in [5, 5.41) is 5.37. The number of amides is 2. The Labute approximate surface area is 113 Å². The summed E-state index contributed by atoms with van der Waals surface area (Å²) in [5.41, 5.74) is -0.947. The molecule has 4 nitrogen and oxygen atoms in total. The molecule has 1 aliphatic heterocycles. The van der Waals surface area contributed by atoms with Crippen molar-refractivity contribution in [3.63, 3.8) is 0 Å². The van der Waals surface area contributed by atoms with Crippen LogP contribution in [0.4, 0.5) is 0 Å². The predicted octanol–water partition coefficient (Wildman–Crippen LogP) is 1.45. The summed E-state index contributed by atoms with van der Waals surface area (Å²) in [6.45, 7) is 8.31. The third-order valence-electron chi connectivity index (χ3n) is 4.83. The van der Waals surface area contributed by atoms with Gasteiger partial charge in [-0.25, -0.2) is 0 Å². The second kappa shape index (κ2) is 4.30. The smallest absolute Gasteiger partial charge is 0.242 e. The minimum atomic E-state index is -0.947. The second-order valence-electron chi connectivity index (χ2n) is 5.94. The summed E-state index contributed by atoms with van der Waals surface area (Å²) in [4.78, 5) is 24.7. The molecule has 1 heterocycles. The lowest BCUT2D eigenvalue weighted by molar-refractivity contribution is -0.149. The molecule has 3 atom stereocenters. The van der Waals surface area contributed by atoms with Gasteiger partial charge in [0.05, 0.1) is 0 Å². The van der Waals surface area contributed by atoms with Gasteiger partial charge in [-0.05, 0) is 42.3 Å². The Morgan fingerprint density at radius 1 is 1.22 bits per heavy atom. The molecule has 0 aromatic carbocycles. The second-order valence-corrected chi connectivity index (χ2v) is 6.35. The van der Waals surface area contributed by atoms with Gasteiger partial charge >= 0.3 is 0 Å². The van der Waals surface area contributed by atoms with Crippen molar-refractivity contribution in [1.82, 2.24) is 10.6 Å². The van der Waals surface area contributed by atoms with Crippen LogP contribution in [0.3, 0.4) is 0 Å². The highest BCUT2D eigenvalue weighted by Crippen LogP contribution is 2.54. The molecule has 0 aromatic heterocycles. The quantitative estimate of drug-likeness (QED) is 0.559. The van der Waals surface area contributed by atoms with Crippen LogP contribution < -0.4 is 10.6 Å². The van der Waals surface area contributed by atoms with E-state index in [0.29, 0.717) is 11.8 Å². The first-order valence-electron chi connectivity index (χ1n) is 6.48. The van der Waals surface area contributed by atoms with Gasteiger partial charge in [-0.15, -0.1) is 0 Å². The molecule has 0 bridgehead atoms. The van der Waals surface area contributed by atoms with E-state index in [1.54, 1.807) is 0 Å². The Balaban J connectivity index is 2.43. The van der Waals surface area contributed by atoms with Crippen LogP contribution >= 0.6 is 12.2 Å². The molecule has 1 saturated heterocycles. The lowest BCUT2D eigenvalue weighted by Crippen LogP contribution is -2.65. The van der Waals surface area contributed by atoms with Gasteiger partial charge in [0.15, 0.2) is 5.11 Å². The third kappa shape index (κ3) is 1.60. The van der Waals surface area contributed by atoms with Gasteiger partial charge in [0.25, 0.3) is 0 Å². The van der Waals surface area contributed by atoms with E-state index in [-0.39, 0.29) is 28.8 Å². The van der Waals surface area contributed by atoms with Crippen LogP contribution in [0.2, 0.25) is 0 Å². The van der Waals surface area contributed by atoms with Crippen molar-refractivity contribution in [3.8, 4) is 0 Å². The van der Waals surface area contributed by atoms with E-state index in [9.17, 15) is 9.59 Å². The van der Waals surface area contributed by atoms with Crippen LogP contribution in [-0.2, 0) is 9.59 Å². The van der Waals surface area contributed by atoms with Gasteiger partial charge < -0.3 is 10.6 Å². The number of carbonyl (C=O) groups is 2. The highest BCUT2D eigenvalue weighted by atomic mass is 32.1. The maximum atomic E-state index is 12.4. The number of rotatable bonds is 1. The first-order valence-corrected chi connectivity index (χ1v) is 6.89. The number of thiocarbonyl (C=S) groups is 1. The highest BCUT2D eigenvalue weighted by Gasteiger charge is 2.62. The van der Waals surface area contributed by atoms with Crippen molar-refractivity contribution in [3.05, 3.63) is 0 Å². The molecule has 5 heteroatoms. The monoisotopic (exact) mass is 268 g/mol. The minimum Gasteiger partial charge on any atom is -0.302 e. The van der Waals surface area contributed by atoms with E-state index in [0.717, 1.165) is 6.42 Å². The van der Waals surface area contributed by atoms with Crippen LogP contribution in [0.1, 0.15) is 34.1 Å². The van der Waals surface area contributed by atoms with E-state index in [1.807, 2.05) is 13.8 Å². The van der Waals surface area contributed by atoms with Crippen molar-refractivity contribution in [2.45, 2.75) is 34.1 Å². The molecule has 100 valence electrons. The van der Waals surface area contributed by atoms with Crippen LogP contribution in [0.15, 0.2) is 0 Å². The van der Waals surface area contributed by atoms with E-state index in [2.05, 4.69) is 24.5 Å². The summed E-state index contributed by atoms with van der Waals surface area (Å²) in [5.74, 6) is 0.497. The molecule has 3 unspecified atom stereocenters. The summed E-state index contributed by atoms with van der Waals surface area (Å²) in [7, 11) is 0. The zero-order valence-electron chi connectivity index (χ0n) is 11.2. The van der Waals surface area contributed by atoms with Gasteiger partial charge in [0.2, 0.25) is 11.8 Å². The fourth-order valence-electron chi connectivity index (χ4n) is 3.84. The maximum Gasteiger partial charge on any atom is 0.242 e. The van der Waals surface area contributed by atoms with Crippen molar-refractivity contribution < 1.29 is 9.59 Å². The van der Waals surface area contributed by atoms with E-state index in [1.165, 1.54) is 0 Å². The molecule has 2 N–H and O–H groups in total. The Morgan fingerprint density at radius 3 is 2.11 bits per heavy atom. The average molecular weight is 268 g/mol. The normalized spacial score (nSPS) is 34.9. The Hall–Kier alpha value is -0.970. The molecular weight excluding hydrogens is 248 g/mol. The standard InChI is InChI=1S/C13H20N2O2S/c1-6(2)9-5-7(3)13(8(9)4)10(16)14-12(18)15-11(13)17/h6-9H,5H2,1-4H3,(H2,14,15,16,17,18). The first-order chi connectivity index (χ1) is 8.31. The Bertz CT molecular complexity index is 399. The molecule has 1 spiro atoms. The van der Waals surface area contributed by atoms with Crippen molar-refractivity contribution in [2.75, 3.05) is 0 Å². The molecule has 18 heavy (non-hydrogen) atoms. The summed E-state index contributed by atoms with van der Waals surface area (Å²) >= 11 is 4.87. The number of nitrogens with one attached hydrogen (secondary N) is 2. The van der Waals surface area contributed by atoms with Crippen molar-refractivity contribution in [2.24, 2.45) is 29.1 Å². The van der Waals surface area contributed by atoms with E-state index >= 15 is 0 Å². The van der Waals surface area contributed by atoms with Crippen molar-refractivity contribution in [1.29, 1.82) is 0 Å². The van der Waals surface area contributed by atoms with Gasteiger partial charge in [-0.3, -0.25) is 9.59 Å². The third-order valence-corrected chi connectivity index (χ3v) is 5.03. The minimum absolute atomic E-state index is 0.0376. The summed E-state index contributed by atoms with van der Waals surface area (Å²) in [6, 6.07) is 0. The lowest BCUT2D eigenvalue weighted by atomic mass is 9.69. The van der Waals surface area contributed by atoms with E-state index < -0.39 is 5.41 Å². The van der Waals surface area contributed by atoms with Gasteiger partial charge in [-0.1, -0.05) is 27.7 Å². The molecule has 2 aliphatic rings. The molecule has 2 rings (SSSR count). The van der Waals surface area contributed by atoms with E-state index in [4.69, 9.17) is 12.2 Å². The van der Waals surface area contributed by atoms with Crippen LogP contribution in [0.25, 0.3) is 0 Å². The molecule has 0 aromatic rings. The first kappa shape index (κ1) is 13.5. The summed E-state index contributed by atoms with van der Waals surface area (Å²) in [6.07, 6.45) is 0.909. The molecule has 0 radical (unpaired) electrons. The molecule has 1 saturated carbocycles. The zero-order valence-corrected chi connectivity index (χ0v) is 12.1. The Morgan fingerprint density at radius 2 is 1.72 bits per heavy atom. The SMILES string of the molecule is CC(C)C1CC(C)C2(C(=O)NC(=S)NC2=O)C1C. The van der Waals surface area contributed by atoms with Crippen molar-refractivity contribution >= 4 is 29.1 Å². The number of hydrogen-bond donors (Lipinski definition) is 2. The number of carbonyl (C=O) groups excluding carboxylic acids is 2. The fraction of sp³-hybridized carbons (Fsp3) is 0.769. The highest BCUT2D eigenvalue weighted by molar-refractivity contribution is 7.80. The molecule has 2 amide bonds. The predicted molar refractivity (Wildman–Crippen MR) is 72.6 cm³/mol. The fourth-order valence-corrected chi connectivity index (χ4v) is 4.03. The zero-order chi connectivity index (χ0) is 13.7. The van der Waals surface area contributed by atoms with Gasteiger partial charge in [0, 0.05) is 0 Å². The summed E-state index contributed by atoms with van der Waals surface area (Å²) < 4.78 is 0. The van der Waals surface area contributed by atoms with Gasteiger partial charge in [0.1, 0.15) is 5.41 Å². The Kier molecular flexibility index (Phi) is 3.21. The molecule has 1 aliphatic carbocycles. The van der Waals surface area contributed by atoms with Crippen LogP contribution in [0, 0.1) is 29.1 Å². The number of hydrogen-bond acceptors (Lipinski definition) is 3. The van der Waals surface area contributed by atoms with Crippen LogP contribution in [-0.4, -0.2) is 16.9 Å². The van der Waals surface area contributed by atoms with Crippen LogP contribution in [0.5, 0.6) is 0 Å². The lowest BCUT2D eigenvalue weighted by Gasteiger charge is -2.39.